The molecule has 8 heteroatoms. The highest BCUT2D eigenvalue weighted by Crippen LogP contribution is 2.24. The first-order valence-corrected chi connectivity index (χ1v) is 9.68. The summed E-state index contributed by atoms with van der Waals surface area (Å²) in [6.07, 6.45) is -0.595. The molecule has 2 rings (SSSR count). The fraction of sp³-hybridized carbons (Fsp3) is 0.625. The Balaban J connectivity index is 1.73. The molecule has 1 aliphatic rings. The summed E-state index contributed by atoms with van der Waals surface area (Å²) in [5.74, 6) is -0.151. The standard InChI is InChI=1S/C16H22F3NO3S/c17-16(18,19)10-12-24(21,22)20-11-9-13-5-7-15(8-6-13)23-14-3-1-2-4-14/h5-8,14,20H,1-4,9-12H2. The molecule has 0 aliphatic heterocycles. The Morgan fingerprint density at radius 3 is 2.33 bits per heavy atom. The maximum atomic E-state index is 12.1. The molecule has 0 radical (unpaired) electrons. The van der Waals surface area contributed by atoms with Crippen LogP contribution in [0.3, 0.4) is 0 Å². The Kier molecular flexibility index (Phi) is 6.51. The van der Waals surface area contributed by atoms with Crippen molar-refractivity contribution in [3.05, 3.63) is 29.8 Å². The quantitative estimate of drug-likeness (QED) is 0.768. The minimum absolute atomic E-state index is 0.0724. The van der Waals surface area contributed by atoms with Crippen molar-refractivity contribution in [1.82, 2.24) is 4.72 Å². The maximum Gasteiger partial charge on any atom is 0.390 e. The lowest BCUT2D eigenvalue weighted by atomic mass is 10.1. The monoisotopic (exact) mass is 365 g/mol. The van der Waals surface area contributed by atoms with Crippen LogP contribution < -0.4 is 9.46 Å². The molecule has 1 fully saturated rings. The molecule has 1 N–H and O–H groups in total. The fourth-order valence-electron chi connectivity index (χ4n) is 2.61. The summed E-state index contributed by atoms with van der Waals surface area (Å²) < 4.78 is 67.2. The Morgan fingerprint density at radius 1 is 1.12 bits per heavy atom. The van der Waals surface area contributed by atoms with Crippen molar-refractivity contribution in [1.29, 1.82) is 0 Å². The van der Waals surface area contributed by atoms with Crippen LogP contribution >= 0.6 is 0 Å². The summed E-state index contributed by atoms with van der Waals surface area (Å²) in [5, 5.41) is 0. The van der Waals surface area contributed by atoms with Crippen molar-refractivity contribution in [3.63, 3.8) is 0 Å². The van der Waals surface area contributed by atoms with Gasteiger partial charge in [0.15, 0.2) is 0 Å². The van der Waals surface area contributed by atoms with Gasteiger partial charge in [-0.25, -0.2) is 13.1 Å². The zero-order valence-corrected chi connectivity index (χ0v) is 14.1. The van der Waals surface area contributed by atoms with E-state index in [0.29, 0.717) is 6.42 Å². The average Bonchev–Trinajstić information content (AvgIpc) is 2.99. The number of alkyl halides is 3. The van der Waals surface area contributed by atoms with Crippen LogP contribution in [0.1, 0.15) is 37.7 Å². The maximum absolute atomic E-state index is 12.1. The van der Waals surface area contributed by atoms with Crippen LogP contribution in [0.25, 0.3) is 0 Å². The van der Waals surface area contributed by atoms with Gasteiger partial charge in [0.25, 0.3) is 0 Å². The minimum Gasteiger partial charge on any atom is -0.490 e. The van der Waals surface area contributed by atoms with E-state index in [9.17, 15) is 21.6 Å². The van der Waals surface area contributed by atoms with Gasteiger partial charge in [-0.05, 0) is 49.8 Å². The molecule has 4 nitrogen and oxygen atoms in total. The Morgan fingerprint density at radius 2 is 1.75 bits per heavy atom. The molecule has 24 heavy (non-hydrogen) atoms. The number of rotatable bonds is 8. The smallest absolute Gasteiger partial charge is 0.390 e. The first kappa shape index (κ1) is 19.1. The summed E-state index contributed by atoms with van der Waals surface area (Å²) in [6, 6.07) is 7.36. The summed E-state index contributed by atoms with van der Waals surface area (Å²) >= 11 is 0. The molecule has 0 amide bonds. The predicted molar refractivity (Wildman–Crippen MR) is 85.5 cm³/mol. The number of hydrogen-bond acceptors (Lipinski definition) is 3. The number of halogens is 3. The summed E-state index contributed by atoms with van der Waals surface area (Å²) in [4.78, 5) is 0. The van der Waals surface area contributed by atoms with Gasteiger partial charge in [0.05, 0.1) is 18.3 Å². The van der Waals surface area contributed by atoms with Crippen LogP contribution in [0.15, 0.2) is 24.3 Å². The van der Waals surface area contributed by atoms with E-state index in [2.05, 4.69) is 4.72 Å². The number of hydrogen-bond donors (Lipinski definition) is 1. The molecular weight excluding hydrogens is 343 g/mol. The summed E-state index contributed by atoms with van der Waals surface area (Å²) in [7, 11) is -3.90. The van der Waals surface area contributed by atoms with Crippen molar-refractivity contribution in [3.8, 4) is 5.75 Å². The van der Waals surface area contributed by atoms with Crippen molar-refractivity contribution in [2.45, 2.75) is 50.8 Å². The van der Waals surface area contributed by atoms with Crippen molar-refractivity contribution in [2.24, 2.45) is 0 Å². The number of sulfonamides is 1. The van der Waals surface area contributed by atoms with Crippen LogP contribution in [-0.2, 0) is 16.4 Å². The van der Waals surface area contributed by atoms with Gasteiger partial charge in [-0.3, -0.25) is 0 Å². The lowest BCUT2D eigenvalue weighted by Gasteiger charge is -2.13. The molecule has 1 saturated carbocycles. The van der Waals surface area contributed by atoms with Gasteiger partial charge in [-0.1, -0.05) is 12.1 Å². The minimum atomic E-state index is -4.47. The summed E-state index contributed by atoms with van der Waals surface area (Å²) in [5.41, 5.74) is 0.896. The Hall–Kier alpha value is -1.28. The number of nitrogens with one attached hydrogen (secondary N) is 1. The zero-order chi connectivity index (χ0) is 17.6. The largest absolute Gasteiger partial charge is 0.490 e. The molecule has 1 aromatic carbocycles. The van der Waals surface area contributed by atoms with E-state index >= 15 is 0 Å². The van der Waals surface area contributed by atoms with Crippen LogP contribution in [-0.4, -0.2) is 33.0 Å². The second-order valence-corrected chi connectivity index (χ2v) is 7.92. The van der Waals surface area contributed by atoms with E-state index in [4.69, 9.17) is 4.74 Å². The van der Waals surface area contributed by atoms with Crippen LogP contribution in [0.5, 0.6) is 5.75 Å². The lowest BCUT2D eigenvalue weighted by molar-refractivity contribution is -0.129. The number of benzene rings is 1. The van der Waals surface area contributed by atoms with Gasteiger partial charge in [0.2, 0.25) is 10.0 Å². The van der Waals surface area contributed by atoms with Gasteiger partial charge < -0.3 is 4.74 Å². The van der Waals surface area contributed by atoms with Crippen molar-refractivity contribution < 1.29 is 26.3 Å². The molecule has 1 aliphatic carbocycles. The zero-order valence-electron chi connectivity index (χ0n) is 13.3. The normalized spacial score (nSPS) is 16.5. The van der Waals surface area contributed by atoms with Crippen LogP contribution in [0, 0.1) is 0 Å². The molecular formula is C16H22F3NO3S. The van der Waals surface area contributed by atoms with Gasteiger partial charge in [0.1, 0.15) is 5.75 Å². The fourth-order valence-corrected chi connectivity index (χ4v) is 3.66. The van der Waals surface area contributed by atoms with Gasteiger partial charge in [-0.15, -0.1) is 0 Å². The molecule has 1 aromatic rings. The first-order chi connectivity index (χ1) is 11.2. The topological polar surface area (TPSA) is 55.4 Å². The van der Waals surface area contributed by atoms with E-state index in [-0.39, 0.29) is 12.6 Å². The third kappa shape index (κ3) is 7.09. The first-order valence-electron chi connectivity index (χ1n) is 8.03. The lowest BCUT2D eigenvalue weighted by Crippen LogP contribution is -2.30. The molecule has 0 aromatic heterocycles. The third-order valence-electron chi connectivity index (χ3n) is 3.92. The molecule has 0 spiro atoms. The van der Waals surface area contributed by atoms with Gasteiger partial charge in [0, 0.05) is 6.54 Å². The highest BCUT2D eigenvalue weighted by atomic mass is 32.2. The van der Waals surface area contributed by atoms with E-state index in [1.807, 2.05) is 24.3 Å². The number of ether oxygens (including phenoxy) is 1. The van der Waals surface area contributed by atoms with E-state index in [1.54, 1.807) is 0 Å². The van der Waals surface area contributed by atoms with Crippen molar-refractivity contribution >= 4 is 10.0 Å². The van der Waals surface area contributed by atoms with Crippen LogP contribution in [0.4, 0.5) is 13.2 Å². The van der Waals surface area contributed by atoms with E-state index < -0.39 is 28.4 Å². The second kappa shape index (κ2) is 8.20. The average molecular weight is 365 g/mol. The summed E-state index contributed by atoms with van der Waals surface area (Å²) in [6.45, 7) is 0.0724. The molecule has 0 heterocycles. The highest BCUT2D eigenvalue weighted by molar-refractivity contribution is 7.89. The highest BCUT2D eigenvalue weighted by Gasteiger charge is 2.29. The molecule has 0 saturated heterocycles. The molecule has 0 atom stereocenters. The Bertz CT molecular complexity index is 608. The van der Waals surface area contributed by atoms with Gasteiger partial charge in [-0.2, -0.15) is 13.2 Å². The van der Waals surface area contributed by atoms with Gasteiger partial charge >= 0.3 is 6.18 Å². The molecule has 0 unspecified atom stereocenters. The van der Waals surface area contributed by atoms with Crippen molar-refractivity contribution in [2.75, 3.05) is 12.3 Å². The SMILES string of the molecule is O=S(=O)(CCC(F)(F)F)NCCc1ccc(OC2CCCC2)cc1. The predicted octanol–water partition coefficient (Wildman–Crippen LogP) is 3.42. The third-order valence-corrected chi connectivity index (χ3v) is 5.30. The Labute approximate surface area is 140 Å². The van der Waals surface area contributed by atoms with Crippen LogP contribution in [0.2, 0.25) is 0 Å². The molecule has 0 bridgehead atoms. The molecule has 136 valence electrons. The second-order valence-electron chi connectivity index (χ2n) is 6.00. The van der Waals surface area contributed by atoms with E-state index in [1.165, 1.54) is 12.8 Å². The van der Waals surface area contributed by atoms with E-state index in [0.717, 1.165) is 24.2 Å².